The average Bonchev–Trinajstić information content (AvgIpc) is 2.61. The van der Waals surface area contributed by atoms with Crippen molar-refractivity contribution in [2.24, 2.45) is 11.7 Å². The number of alkyl halides is 3. The Kier molecular flexibility index (Phi) is 3.59. The summed E-state index contributed by atoms with van der Waals surface area (Å²) in [6.45, 7) is 0.333. The molecular weight excluding hydrogens is 209 g/mol. The third-order valence-corrected chi connectivity index (χ3v) is 2.98. The van der Waals surface area contributed by atoms with Gasteiger partial charge in [0, 0.05) is 13.1 Å². The molecule has 1 rings (SSSR count). The van der Waals surface area contributed by atoms with Crippen molar-refractivity contribution in [1.29, 1.82) is 0 Å². The van der Waals surface area contributed by atoms with Crippen molar-refractivity contribution in [3.8, 4) is 0 Å². The molecule has 1 aliphatic rings. The molecule has 0 aliphatic heterocycles. The zero-order chi connectivity index (χ0) is 11.6. The Hall–Kier alpha value is -0.780. The number of nitrogens with zero attached hydrogens (tertiary/aromatic N) is 1. The molecule has 2 atom stereocenters. The number of hydrogen-bond donors (Lipinski definition) is 1. The van der Waals surface area contributed by atoms with E-state index in [2.05, 4.69) is 0 Å². The van der Waals surface area contributed by atoms with Gasteiger partial charge in [0.1, 0.15) is 0 Å². The Balaban J connectivity index is 2.67. The fraction of sp³-hybridized carbons (Fsp3) is 0.889. The van der Waals surface area contributed by atoms with Crippen LogP contribution in [-0.4, -0.2) is 36.6 Å². The maximum absolute atomic E-state index is 12.2. The molecule has 2 unspecified atom stereocenters. The van der Waals surface area contributed by atoms with Gasteiger partial charge in [0.05, 0.1) is 0 Å². The largest absolute Gasteiger partial charge is 0.471 e. The molecule has 6 heteroatoms. The predicted octanol–water partition coefficient (Wildman–Crippen LogP) is 1.13. The van der Waals surface area contributed by atoms with Gasteiger partial charge in [-0.15, -0.1) is 0 Å². The third-order valence-electron chi connectivity index (χ3n) is 2.98. The molecule has 1 fully saturated rings. The molecular formula is C9H15F3N2O. The summed E-state index contributed by atoms with van der Waals surface area (Å²) < 4.78 is 36.5. The second-order valence-corrected chi connectivity index (χ2v) is 3.91. The van der Waals surface area contributed by atoms with Crippen LogP contribution >= 0.6 is 0 Å². The van der Waals surface area contributed by atoms with Crippen molar-refractivity contribution in [2.75, 3.05) is 13.6 Å². The van der Waals surface area contributed by atoms with Crippen LogP contribution in [-0.2, 0) is 4.79 Å². The molecule has 0 spiro atoms. The minimum Gasteiger partial charge on any atom is -0.335 e. The monoisotopic (exact) mass is 224 g/mol. The number of hydrogen-bond acceptors (Lipinski definition) is 2. The van der Waals surface area contributed by atoms with Crippen LogP contribution in [0, 0.1) is 5.92 Å². The van der Waals surface area contributed by atoms with E-state index in [4.69, 9.17) is 5.73 Å². The summed E-state index contributed by atoms with van der Waals surface area (Å²) in [6.07, 6.45) is -2.53. The summed E-state index contributed by atoms with van der Waals surface area (Å²) in [7, 11) is 1.20. The molecule has 0 heterocycles. The zero-order valence-corrected chi connectivity index (χ0v) is 8.55. The topological polar surface area (TPSA) is 46.3 Å². The minimum atomic E-state index is -4.78. The predicted molar refractivity (Wildman–Crippen MR) is 49.0 cm³/mol. The Labute approximate surface area is 86.4 Å². The van der Waals surface area contributed by atoms with Crippen LogP contribution in [0.1, 0.15) is 19.3 Å². The van der Waals surface area contributed by atoms with Gasteiger partial charge in [-0.3, -0.25) is 4.79 Å². The lowest BCUT2D eigenvalue weighted by Gasteiger charge is -2.29. The molecule has 2 N–H and O–H groups in total. The van der Waals surface area contributed by atoms with E-state index in [1.807, 2.05) is 0 Å². The van der Waals surface area contributed by atoms with Gasteiger partial charge in [0.15, 0.2) is 0 Å². The van der Waals surface area contributed by atoms with E-state index < -0.39 is 12.1 Å². The molecule has 0 aromatic rings. The van der Waals surface area contributed by atoms with Gasteiger partial charge in [0.25, 0.3) is 0 Å². The molecule has 15 heavy (non-hydrogen) atoms. The number of halogens is 3. The summed E-state index contributed by atoms with van der Waals surface area (Å²) in [5.74, 6) is -1.77. The van der Waals surface area contributed by atoms with Crippen molar-refractivity contribution in [1.82, 2.24) is 4.90 Å². The fourth-order valence-electron chi connectivity index (χ4n) is 2.15. The normalized spacial score (nSPS) is 26.7. The van der Waals surface area contributed by atoms with Crippen LogP contribution in [0.4, 0.5) is 13.2 Å². The fourth-order valence-corrected chi connectivity index (χ4v) is 2.15. The third kappa shape index (κ3) is 2.62. The van der Waals surface area contributed by atoms with E-state index in [0.29, 0.717) is 13.0 Å². The second-order valence-electron chi connectivity index (χ2n) is 3.91. The standard InChI is InChI=1S/C9H15F3N2O/c1-14(8(15)9(10,11)12)7-4-2-3-6(7)5-13/h6-7H,2-5,13H2,1H3. The van der Waals surface area contributed by atoms with Crippen molar-refractivity contribution < 1.29 is 18.0 Å². The highest BCUT2D eigenvalue weighted by molar-refractivity contribution is 5.81. The highest BCUT2D eigenvalue weighted by Gasteiger charge is 2.45. The summed E-state index contributed by atoms with van der Waals surface area (Å²) in [6, 6.07) is -0.357. The summed E-state index contributed by atoms with van der Waals surface area (Å²) >= 11 is 0. The van der Waals surface area contributed by atoms with Gasteiger partial charge in [-0.25, -0.2) is 0 Å². The first-order valence-corrected chi connectivity index (χ1v) is 4.92. The van der Waals surface area contributed by atoms with Gasteiger partial charge in [-0.1, -0.05) is 6.42 Å². The first kappa shape index (κ1) is 12.3. The smallest absolute Gasteiger partial charge is 0.335 e. The maximum atomic E-state index is 12.2. The molecule has 0 aromatic heterocycles. The van der Waals surface area contributed by atoms with Crippen LogP contribution in [0.2, 0.25) is 0 Å². The molecule has 0 aromatic carbocycles. The van der Waals surface area contributed by atoms with E-state index in [0.717, 1.165) is 17.7 Å². The Morgan fingerprint density at radius 3 is 2.53 bits per heavy atom. The van der Waals surface area contributed by atoms with Crippen LogP contribution in [0.25, 0.3) is 0 Å². The molecule has 1 saturated carbocycles. The highest BCUT2D eigenvalue weighted by Crippen LogP contribution is 2.30. The molecule has 3 nitrogen and oxygen atoms in total. The number of carbonyl (C=O) groups is 1. The van der Waals surface area contributed by atoms with Crippen molar-refractivity contribution in [2.45, 2.75) is 31.5 Å². The van der Waals surface area contributed by atoms with E-state index in [-0.39, 0.29) is 12.0 Å². The number of carbonyl (C=O) groups excluding carboxylic acids is 1. The van der Waals surface area contributed by atoms with Gasteiger partial charge in [0.2, 0.25) is 0 Å². The molecule has 1 aliphatic carbocycles. The molecule has 1 amide bonds. The zero-order valence-electron chi connectivity index (χ0n) is 8.55. The lowest BCUT2D eigenvalue weighted by atomic mass is 10.0. The van der Waals surface area contributed by atoms with E-state index in [1.54, 1.807) is 0 Å². The van der Waals surface area contributed by atoms with Crippen LogP contribution < -0.4 is 5.73 Å². The van der Waals surface area contributed by atoms with E-state index in [1.165, 1.54) is 7.05 Å². The first-order valence-electron chi connectivity index (χ1n) is 4.92. The first-order chi connectivity index (χ1) is 6.88. The number of amides is 1. The van der Waals surface area contributed by atoms with Gasteiger partial charge >= 0.3 is 12.1 Å². The van der Waals surface area contributed by atoms with Gasteiger partial charge in [-0.2, -0.15) is 13.2 Å². The Morgan fingerprint density at radius 2 is 2.07 bits per heavy atom. The van der Waals surface area contributed by atoms with Crippen LogP contribution in [0.15, 0.2) is 0 Å². The molecule has 0 bridgehead atoms. The second kappa shape index (κ2) is 4.38. The Morgan fingerprint density at radius 1 is 1.47 bits per heavy atom. The van der Waals surface area contributed by atoms with Crippen LogP contribution in [0.3, 0.4) is 0 Å². The molecule has 0 saturated heterocycles. The average molecular weight is 224 g/mol. The summed E-state index contributed by atoms with van der Waals surface area (Å²) in [4.78, 5) is 11.8. The summed E-state index contributed by atoms with van der Waals surface area (Å²) in [5.41, 5.74) is 5.45. The maximum Gasteiger partial charge on any atom is 0.471 e. The lowest BCUT2D eigenvalue weighted by Crippen LogP contribution is -2.47. The Bertz CT molecular complexity index is 242. The minimum absolute atomic E-state index is 0.00120. The van der Waals surface area contributed by atoms with E-state index >= 15 is 0 Å². The lowest BCUT2D eigenvalue weighted by molar-refractivity contribution is -0.186. The van der Waals surface area contributed by atoms with Crippen molar-refractivity contribution in [3.63, 3.8) is 0 Å². The van der Waals surface area contributed by atoms with E-state index in [9.17, 15) is 18.0 Å². The van der Waals surface area contributed by atoms with Crippen molar-refractivity contribution >= 4 is 5.91 Å². The quantitative estimate of drug-likeness (QED) is 0.764. The highest BCUT2D eigenvalue weighted by atomic mass is 19.4. The SMILES string of the molecule is CN(C(=O)C(F)(F)F)C1CCCC1CN. The number of rotatable bonds is 2. The summed E-state index contributed by atoms with van der Waals surface area (Å²) in [5, 5.41) is 0. The number of nitrogens with two attached hydrogens (primary N) is 1. The molecule has 88 valence electrons. The van der Waals surface area contributed by atoms with Crippen molar-refractivity contribution in [3.05, 3.63) is 0 Å². The molecule has 0 radical (unpaired) electrons. The van der Waals surface area contributed by atoms with Gasteiger partial charge < -0.3 is 10.6 Å². The van der Waals surface area contributed by atoms with Crippen LogP contribution in [0.5, 0.6) is 0 Å². The van der Waals surface area contributed by atoms with Gasteiger partial charge in [-0.05, 0) is 25.3 Å².